The van der Waals surface area contributed by atoms with Crippen LogP contribution in [0.3, 0.4) is 0 Å². The molecule has 2 heterocycles. The van der Waals surface area contributed by atoms with Gasteiger partial charge in [0.25, 0.3) is 0 Å². The number of hydrogen-bond acceptors (Lipinski definition) is 3. The van der Waals surface area contributed by atoms with Gasteiger partial charge in [0, 0.05) is 29.5 Å². The molecule has 3 unspecified atom stereocenters. The first-order valence-electron chi connectivity index (χ1n) is 6.86. The Morgan fingerprint density at radius 2 is 2.33 bits per heavy atom. The summed E-state index contributed by atoms with van der Waals surface area (Å²) in [4.78, 5) is 3.99. The molecule has 1 aliphatic rings. The van der Waals surface area contributed by atoms with Crippen molar-refractivity contribution in [3.05, 3.63) is 21.3 Å². The molecule has 3 atom stereocenters. The molecule has 0 spiro atoms. The summed E-state index contributed by atoms with van der Waals surface area (Å²) in [5.41, 5.74) is 0. The van der Waals surface area contributed by atoms with Crippen LogP contribution in [0.2, 0.25) is 4.34 Å². The molecule has 1 aromatic heterocycles. The van der Waals surface area contributed by atoms with Crippen molar-refractivity contribution >= 4 is 22.9 Å². The molecule has 1 saturated heterocycles. The molecular weight excluding hydrogens is 264 g/mol. The van der Waals surface area contributed by atoms with Crippen molar-refractivity contribution in [1.29, 1.82) is 0 Å². The van der Waals surface area contributed by atoms with Crippen LogP contribution in [0.25, 0.3) is 0 Å². The third-order valence-electron chi connectivity index (χ3n) is 3.92. The SMILES string of the molecule is CCNC1CCN(C(C)c2ccc(Cl)s2)C(C)C1. The van der Waals surface area contributed by atoms with Gasteiger partial charge in [0.1, 0.15) is 0 Å². The quantitative estimate of drug-likeness (QED) is 0.902. The molecule has 0 amide bonds. The fourth-order valence-electron chi connectivity index (χ4n) is 2.96. The van der Waals surface area contributed by atoms with Crippen LogP contribution in [-0.4, -0.2) is 30.1 Å². The topological polar surface area (TPSA) is 15.3 Å². The predicted octanol–water partition coefficient (Wildman–Crippen LogP) is 3.92. The van der Waals surface area contributed by atoms with E-state index in [1.807, 2.05) is 6.07 Å². The molecule has 18 heavy (non-hydrogen) atoms. The van der Waals surface area contributed by atoms with Crippen LogP contribution in [-0.2, 0) is 0 Å². The fourth-order valence-corrected chi connectivity index (χ4v) is 4.09. The Labute approximate surface area is 119 Å². The summed E-state index contributed by atoms with van der Waals surface area (Å²) in [6.07, 6.45) is 2.50. The number of halogens is 1. The normalized spacial score (nSPS) is 27.3. The zero-order valence-corrected chi connectivity index (χ0v) is 13.0. The van der Waals surface area contributed by atoms with Gasteiger partial charge in [-0.05, 0) is 45.4 Å². The number of nitrogens with one attached hydrogen (secondary N) is 1. The van der Waals surface area contributed by atoms with E-state index in [0.717, 1.165) is 10.9 Å². The van der Waals surface area contributed by atoms with E-state index >= 15 is 0 Å². The van der Waals surface area contributed by atoms with Crippen LogP contribution in [0.15, 0.2) is 12.1 Å². The minimum atomic E-state index is 0.486. The van der Waals surface area contributed by atoms with Crippen molar-refractivity contribution in [2.24, 2.45) is 0 Å². The first-order valence-corrected chi connectivity index (χ1v) is 8.05. The van der Waals surface area contributed by atoms with Crippen LogP contribution < -0.4 is 5.32 Å². The molecule has 0 bridgehead atoms. The van der Waals surface area contributed by atoms with Crippen molar-refractivity contribution in [2.45, 2.75) is 51.7 Å². The first kappa shape index (κ1) is 14.3. The number of hydrogen-bond donors (Lipinski definition) is 1. The van der Waals surface area contributed by atoms with Gasteiger partial charge in [-0.2, -0.15) is 0 Å². The van der Waals surface area contributed by atoms with Gasteiger partial charge >= 0.3 is 0 Å². The van der Waals surface area contributed by atoms with Crippen LogP contribution in [0, 0.1) is 0 Å². The maximum Gasteiger partial charge on any atom is 0.0931 e. The largest absolute Gasteiger partial charge is 0.314 e. The van der Waals surface area contributed by atoms with Gasteiger partial charge in [-0.25, -0.2) is 0 Å². The van der Waals surface area contributed by atoms with Gasteiger partial charge in [-0.3, -0.25) is 4.90 Å². The molecule has 2 nitrogen and oxygen atoms in total. The third-order valence-corrected chi connectivity index (χ3v) is 5.32. The Balaban J connectivity index is 1.97. The lowest BCUT2D eigenvalue weighted by atomic mass is 9.96. The molecular formula is C14H23ClN2S. The second-order valence-corrected chi connectivity index (χ2v) is 6.93. The van der Waals surface area contributed by atoms with Gasteiger partial charge in [-0.1, -0.05) is 18.5 Å². The molecule has 1 aromatic rings. The highest BCUT2D eigenvalue weighted by atomic mass is 35.5. The lowest BCUT2D eigenvalue weighted by Gasteiger charge is -2.41. The Hall–Kier alpha value is -0.0900. The second-order valence-electron chi connectivity index (χ2n) is 5.18. The van der Waals surface area contributed by atoms with Gasteiger partial charge in [0.15, 0.2) is 0 Å². The lowest BCUT2D eigenvalue weighted by molar-refractivity contribution is 0.0976. The van der Waals surface area contributed by atoms with Gasteiger partial charge in [0.05, 0.1) is 4.34 Å². The summed E-state index contributed by atoms with van der Waals surface area (Å²) in [6, 6.07) is 5.99. The number of piperidine rings is 1. The van der Waals surface area contributed by atoms with Crippen LogP contribution in [0.4, 0.5) is 0 Å². The monoisotopic (exact) mass is 286 g/mol. The fraction of sp³-hybridized carbons (Fsp3) is 0.714. The molecule has 1 N–H and O–H groups in total. The van der Waals surface area contributed by atoms with E-state index in [2.05, 4.69) is 37.1 Å². The molecule has 0 radical (unpaired) electrons. The molecule has 102 valence electrons. The van der Waals surface area contributed by atoms with E-state index < -0.39 is 0 Å². The van der Waals surface area contributed by atoms with Crippen LogP contribution in [0.1, 0.15) is 44.5 Å². The van der Waals surface area contributed by atoms with E-state index in [-0.39, 0.29) is 0 Å². The third kappa shape index (κ3) is 3.27. The Morgan fingerprint density at radius 1 is 1.56 bits per heavy atom. The van der Waals surface area contributed by atoms with E-state index in [0.29, 0.717) is 18.1 Å². The number of likely N-dealkylation sites (tertiary alicyclic amines) is 1. The zero-order valence-electron chi connectivity index (χ0n) is 11.4. The summed E-state index contributed by atoms with van der Waals surface area (Å²) >= 11 is 7.74. The highest BCUT2D eigenvalue weighted by Crippen LogP contribution is 2.33. The first-order chi connectivity index (χ1) is 8.61. The number of nitrogens with zero attached hydrogens (tertiary/aromatic N) is 1. The smallest absolute Gasteiger partial charge is 0.0931 e. The van der Waals surface area contributed by atoms with Crippen molar-refractivity contribution in [2.75, 3.05) is 13.1 Å². The minimum Gasteiger partial charge on any atom is -0.314 e. The molecule has 0 aromatic carbocycles. The van der Waals surface area contributed by atoms with Gasteiger partial charge in [-0.15, -0.1) is 11.3 Å². The highest BCUT2D eigenvalue weighted by molar-refractivity contribution is 7.16. The van der Waals surface area contributed by atoms with E-state index in [1.54, 1.807) is 11.3 Å². The molecule has 0 saturated carbocycles. The summed E-state index contributed by atoms with van der Waals surface area (Å²) in [6.45, 7) is 9.08. The second kappa shape index (κ2) is 6.38. The zero-order chi connectivity index (χ0) is 13.1. The predicted molar refractivity (Wildman–Crippen MR) is 80.6 cm³/mol. The maximum absolute atomic E-state index is 6.03. The van der Waals surface area contributed by atoms with Gasteiger partial charge in [0.2, 0.25) is 0 Å². The Kier molecular flexibility index (Phi) is 5.07. The Morgan fingerprint density at radius 3 is 2.89 bits per heavy atom. The standard InChI is InChI=1S/C14H23ClN2S/c1-4-16-12-7-8-17(10(2)9-12)11(3)13-5-6-14(15)18-13/h5-6,10-12,16H,4,7-9H2,1-3H3. The summed E-state index contributed by atoms with van der Waals surface area (Å²) in [5, 5.41) is 3.57. The molecule has 1 fully saturated rings. The van der Waals surface area contributed by atoms with Crippen molar-refractivity contribution in [1.82, 2.24) is 10.2 Å². The van der Waals surface area contributed by atoms with E-state index in [4.69, 9.17) is 11.6 Å². The van der Waals surface area contributed by atoms with E-state index in [1.165, 1.54) is 24.3 Å². The summed E-state index contributed by atoms with van der Waals surface area (Å²) in [5.74, 6) is 0. The van der Waals surface area contributed by atoms with E-state index in [9.17, 15) is 0 Å². The van der Waals surface area contributed by atoms with Gasteiger partial charge < -0.3 is 5.32 Å². The highest BCUT2D eigenvalue weighted by Gasteiger charge is 2.29. The Bertz CT molecular complexity index is 380. The minimum absolute atomic E-state index is 0.486. The van der Waals surface area contributed by atoms with Crippen LogP contribution >= 0.6 is 22.9 Å². The average molecular weight is 287 g/mol. The molecule has 4 heteroatoms. The van der Waals surface area contributed by atoms with Crippen molar-refractivity contribution in [3.63, 3.8) is 0 Å². The van der Waals surface area contributed by atoms with Crippen LogP contribution in [0.5, 0.6) is 0 Å². The number of thiophene rings is 1. The summed E-state index contributed by atoms with van der Waals surface area (Å²) in [7, 11) is 0. The number of rotatable bonds is 4. The van der Waals surface area contributed by atoms with Crippen molar-refractivity contribution < 1.29 is 0 Å². The molecule has 2 rings (SSSR count). The lowest BCUT2D eigenvalue weighted by Crippen LogP contribution is -2.48. The average Bonchev–Trinajstić information content (AvgIpc) is 2.76. The molecule has 0 aliphatic carbocycles. The maximum atomic E-state index is 6.03. The van der Waals surface area contributed by atoms with Crippen molar-refractivity contribution in [3.8, 4) is 0 Å². The summed E-state index contributed by atoms with van der Waals surface area (Å²) < 4.78 is 0.895. The molecule has 1 aliphatic heterocycles.